The number of benzene rings is 5. The lowest BCUT2D eigenvalue weighted by Gasteiger charge is -2.20. The maximum Gasteiger partial charge on any atom is 0.0573 e. The molecule has 264 valence electrons. The minimum atomic E-state index is 0.871. The molecule has 0 saturated heterocycles. The van der Waals surface area contributed by atoms with Crippen molar-refractivity contribution in [1.29, 1.82) is 5.41 Å². The van der Waals surface area contributed by atoms with Gasteiger partial charge in [0, 0.05) is 39.7 Å². The fourth-order valence-corrected chi connectivity index (χ4v) is 8.23. The van der Waals surface area contributed by atoms with Crippen LogP contribution in [-0.2, 0) is 0 Å². The molecule has 0 fully saturated rings. The first-order chi connectivity index (χ1) is 26.5. The molecule has 0 unspecified atom stereocenters. The molecule has 2 N–H and O–H groups in total. The predicted molar refractivity (Wildman–Crippen MR) is 234 cm³/mol. The Kier molecular flexibility index (Phi) is 9.54. The number of anilines is 1. The van der Waals surface area contributed by atoms with Crippen molar-refractivity contribution in [3.63, 3.8) is 0 Å². The summed E-state index contributed by atoms with van der Waals surface area (Å²) in [6.45, 7) is 12.7. The van der Waals surface area contributed by atoms with Crippen molar-refractivity contribution < 1.29 is 0 Å². The first-order valence-electron chi connectivity index (χ1n) is 18.9. The zero-order valence-corrected chi connectivity index (χ0v) is 31.1. The SMILES string of the molecule is C=Cc1ccc(-c2c(C)c3c(C=N)c(NC4=CCCC=C4)ccc3n2-c2ccccc2-c2cc(C3=CCCC=C3)cc(-c3ccccc3)c2)c(C)c1C=C. The Morgan fingerprint density at radius 2 is 1.39 bits per heavy atom. The molecule has 0 spiro atoms. The number of para-hydroxylation sites is 1. The van der Waals surface area contributed by atoms with E-state index in [0.29, 0.717) is 0 Å². The Labute approximate surface area is 319 Å². The van der Waals surface area contributed by atoms with E-state index < -0.39 is 0 Å². The van der Waals surface area contributed by atoms with Crippen molar-refractivity contribution in [3.8, 4) is 39.2 Å². The zero-order chi connectivity index (χ0) is 37.2. The van der Waals surface area contributed by atoms with Gasteiger partial charge in [0.25, 0.3) is 0 Å². The lowest BCUT2D eigenvalue weighted by Crippen LogP contribution is -2.04. The molecule has 0 bridgehead atoms. The molecule has 3 nitrogen and oxygen atoms in total. The van der Waals surface area contributed by atoms with E-state index in [1.807, 2.05) is 12.2 Å². The highest BCUT2D eigenvalue weighted by molar-refractivity contribution is 6.09. The first kappa shape index (κ1) is 34.6. The van der Waals surface area contributed by atoms with Crippen LogP contribution >= 0.6 is 0 Å². The van der Waals surface area contributed by atoms with E-state index >= 15 is 0 Å². The van der Waals surface area contributed by atoms with Crippen molar-refractivity contribution in [2.45, 2.75) is 39.5 Å². The number of nitrogens with zero attached hydrogens (tertiary/aromatic N) is 1. The number of hydrogen-bond acceptors (Lipinski definition) is 2. The summed E-state index contributed by atoms with van der Waals surface area (Å²) < 4.78 is 2.42. The molecule has 0 radical (unpaired) electrons. The van der Waals surface area contributed by atoms with Crippen LogP contribution in [0.5, 0.6) is 0 Å². The Bertz CT molecular complexity index is 2590. The lowest BCUT2D eigenvalue weighted by atomic mass is 9.90. The van der Waals surface area contributed by atoms with Gasteiger partial charge in [0.05, 0.1) is 16.9 Å². The van der Waals surface area contributed by atoms with Gasteiger partial charge in [-0.25, -0.2) is 0 Å². The molecule has 1 heterocycles. The minimum Gasteiger partial charge on any atom is -0.355 e. The van der Waals surface area contributed by atoms with Gasteiger partial charge in [-0.2, -0.15) is 0 Å². The number of fused-ring (bicyclic) bond motifs is 1. The average molecular weight is 700 g/mol. The Morgan fingerprint density at radius 1 is 0.648 bits per heavy atom. The number of rotatable bonds is 10. The number of nitrogens with one attached hydrogen (secondary N) is 2. The molecule has 54 heavy (non-hydrogen) atoms. The fourth-order valence-electron chi connectivity index (χ4n) is 8.23. The summed E-state index contributed by atoms with van der Waals surface area (Å²) in [7, 11) is 0. The van der Waals surface area contributed by atoms with Crippen molar-refractivity contribution in [2.75, 3.05) is 5.32 Å². The molecule has 2 aliphatic carbocycles. The molecule has 0 amide bonds. The zero-order valence-electron chi connectivity index (χ0n) is 31.1. The van der Waals surface area contributed by atoms with Gasteiger partial charge in [-0.05, 0) is 132 Å². The quantitative estimate of drug-likeness (QED) is 0.137. The summed E-state index contributed by atoms with van der Waals surface area (Å²) in [4.78, 5) is 0. The number of hydrogen-bond donors (Lipinski definition) is 2. The van der Waals surface area contributed by atoms with E-state index in [2.05, 4.69) is 170 Å². The van der Waals surface area contributed by atoms with Gasteiger partial charge in [0.1, 0.15) is 0 Å². The lowest BCUT2D eigenvalue weighted by molar-refractivity contribution is 1.02. The highest BCUT2D eigenvalue weighted by Crippen LogP contribution is 2.44. The molecule has 0 atom stereocenters. The average Bonchev–Trinajstić information content (AvgIpc) is 3.52. The van der Waals surface area contributed by atoms with Crippen LogP contribution in [0.25, 0.3) is 67.8 Å². The molecular formula is C51H45N3. The predicted octanol–water partition coefficient (Wildman–Crippen LogP) is 13.9. The largest absolute Gasteiger partial charge is 0.355 e. The van der Waals surface area contributed by atoms with Crippen LogP contribution in [0.4, 0.5) is 5.69 Å². The summed E-state index contributed by atoms with van der Waals surface area (Å²) in [5, 5.41) is 13.5. The van der Waals surface area contributed by atoms with E-state index in [1.54, 1.807) is 0 Å². The monoisotopic (exact) mass is 699 g/mol. The third kappa shape index (κ3) is 6.22. The molecule has 6 aromatic rings. The van der Waals surface area contributed by atoms with E-state index in [4.69, 9.17) is 5.41 Å². The normalized spacial score (nSPS) is 13.7. The maximum atomic E-state index is 8.78. The van der Waals surface area contributed by atoms with Gasteiger partial charge in [0.15, 0.2) is 0 Å². The van der Waals surface area contributed by atoms with Gasteiger partial charge in [-0.3, -0.25) is 0 Å². The second kappa shape index (κ2) is 14.9. The third-order valence-electron chi connectivity index (χ3n) is 10.9. The summed E-state index contributed by atoms with van der Waals surface area (Å²) >= 11 is 0. The van der Waals surface area contributed by atoms with Gasteiger partial charge in [-0.1, -0.05) is 116 Å². The number of aromatic nitrogens is 1. The van der Waals surface area contributed by atoms with Crippen molar-refractivity contribution in [3.05, 3.63) is 186 Å². The molecule has 1 aromatic heterocycles. The number of allylic oxidation sites excluding steroid dienone is 7. The molecule has 3 heteroatoms. The summed E-state index contributed by atoms with van der Waals surface area (Å²) in [6, 6.07) is 35.2. The van der Waals surface area contributed by atoms with Crippen LogP contribution in [0, 0.1) is 19.3 Å². The van der Waals surface area contributed by atoms with Crippen LogP contribution in [-0.4, -0.2) is 10.8 Å². The van der Waals surface area contributed by atoms with Crippen molar-refractivity contribution in [2.24, 2.45) is 0 Å². The van der Waals surface area contributed by atoms with Crippen LogP contribution in [0.3, 0.4) is 0 Å². The molecule has 2 aliphatic rings. The highest BCUT2D eigenvalue weighted by Gasteiger charge is 2.25. The smallest absolute Gasteiger partial charge is 0.0573 e. The van der Waals surface area contributed by atoms with E-state index in [9.17, 15) is 0 Å². The minimum absolute atomic E-state index is 0.871. The summed E-state index contributed by atoms with van der Waals surface area (Å²) in [6.07, 6.45) is 23.0. The summed E-state index contributed by atoms with van der Waals surface area (Å²) in [5.41, 5.74) is 18.8. The molecule has 5 aromatic carbocycles. The Balaban J connectivity index is 1.43. The van der Waals surface area contributed by atoms with Crippen molar-refractivity contribution >= 4 is 40.5 Å². The van der Waals surface area contributed by atoms with E-state index in [1.165, 1.54) is 28.5 Å². The maximum absolute atomic E-state index is 8.78. The standard InChI is InChI=1S/C51H45N3/c1-5-36-26-27-44(34(3)43(36)6-2)51-35(4)50-46(33-52)47(53-42-22-14-9-15-23-42)28-29-49(50)54(51)48-25-17-16-24-45(48)41-31-39(37-18-10-7-11-19-37)30-40(32-41)38-20-12-8-13-21-38/h5-7,10-12,14,16-33,52-53H,1-2,8-9,13,15H2,3-4H3. The molecule has 0 saturated carbocycles. The van der Waals surface area contributed by atoms with E-state index in [-0.39, 0.29) is 0 Å². The second-order valence-electron chi connectivity index (χ2n) is 14.1. The molecule has 0 aliphatic heterocycles. The molecule has 8 rings (SSSR count). The Morgan fingerprint density at radius 3 is 2.11 bits per heavy atom. The van der Waals surface area contributed by atoms with Gasteiger partial charge in [-0.15, -0.1) is 0 Å². The fraction of sp³-hybridized carbons (Fsp3) is 0.118. The topological polar surface area (TPSA) is 40.8 Å². The van der Waals surface area contributed by atoms with Crippen LogP contribution < -0.4 is 5.32 Å². The van der Waals surface area contributed by atoms with Gasteiger partial charge >= 0.3 is 0 Å². The second-order valence-corrected chi connectivity index (χ2v) is 14.1. The highest BCUT2D eigenvalue weighted by atomic mass is 15.0. The summed E-state index contributed by atoms with van der Waals surface area (Å²) in [5.74, 6) is 0. The van der Waals surface area contributed by atoms with Gasteiger partial charge < -0.3 is 15.3 Å². The first-order valence-corrected chi connectivity index (χ1v) is 18.9. The van der Waals surface area contributed by atoms with Crippen LogP contribution in [0.1, 0.15) is 59.1 Å². The third-order valence-corrected chi connectivity index (χ3v) is 10.9. The van der Waals surface area contributed by atoms with Crippen molar-refractivity contribution in [1.82, 2.24) is 4.57 Å². The van der Waals surface area contributed by atoms with Crippen LogP contribution in [0.2, 0.25) is 0 Å². The van der Waals surface area contributed by atoms with Gasteiger partial charge in [0.2, 0.25) is 0 Å². The van der Waals surface area contributed by atoms with Crippen LogP contribution in [0.15, 0.2) is 152 Å². The Hall–Kier alpha value is -6.45. The van der Waals surface area contributed by atoms with E-state index in [0.717, 1.165) is 104 Å². The molecular weight excluding hydrogens is 655 g/mol. The number of aryl methyl sites for hydroxylation is 1.